The van der Waals surface area contributed by atoms with Crippen LogP contribution in [0.1, 0.15) is 12.0 Å². The summed E-state index contributed by atoms with van der Waals surface area (Å²) < 4.78 is 0.825. The SMILES string of the molecule is CN(C)c1ccc(Cn2nccc2NC(=O)C2CC2(Cl)Cl)cc1. The van der Waals surface area contributed by atoms with Gasteiger partial charge in [-0.3, -0.25) is 4.79 Å². The van der Waals surface area contributed by atoms with Gasteiger partial charge in [0, 0.05) is 25.8 Å². The fraction of sp³-hybridized carbons (Fsp3) is 0.375. The molecule has 1 aromatic heterocycles. The van der Waals surface area contributed by atoms with Gasteiger partial charge in [-0.25, -0.2) is 4.68 Å². The number of alkyl halides is 2. The first-order valence-corrected chi connectivity index (χ1v) is 8.09. The number of hydrogen-bond donors (Lipinski definition) is 1. The first kappa shape index (κ1) is 16.1. The van der Waals surface area contributed by atoms with Crippen molar-refractivity contribution in [2.75, 3.05) is 24.3 Å². The van der Waals surface area contributed by atoms with Crippen LogP contribution in [-0.4, -0.2) is 34.1 Å². The Hall–Kier alpha value is -1.72. The number of benzene rings is 1. The van der Waals surface area contributed by atoms with Gasteiger partial charge in [0.25, 0.3) is 0 Å². The Kier molecular flexibility index (Phi) is 4.25. The molecule has 1 atom stereocenters. The van der Waals surface area contributed by atoms with Gasteiger partial charge in [0.05, 0.1) is 18.7 Å². The molecule has 1 aliphatic rings. The van der Waals surface area contributed by atoms with Gasteiger partial charge in [0.15, 0.2) is 0 Å². The first-order chi connectivity index (χ1) is 10.9. The molecule has 23 heavy (non-hydrogen) atoms. The molecule has 0 aliphatic heterocycles. The quantitative estimate of drug-likeness (QED) is 0.841. The number of nitrogens with one attached hydrogen (secondary N) is 1. The predicted octanol–water partition coefficient (Wildman–Crippen LogP) is 3.13. The average molecular weight is 353 g/mol. The van der Waals surface area contributed by atoms with Crippen molar-refractivity contribution in [1.29, 1.82) is 0 Å². The molecule has 3 rings (SSSR count). The Bertz CT molecular complexity index is 709. The molecule has 0 spiro atoms. The number of hydrogen-bond acceptors (Lipinski definition) is 3. The molecule has 1 N–H and O–H groups in total. The Balaban J connectivity index is 1.67. The van der Waals surface area contributed by atoms with Gasteiger partial charge in [0.2, 0.25) is 5.91 Å². The Morgan fingerprint density at radius 2 is 2.00 bits per heavy atom. The summed E-state index contributed by atoms with van der Waals surface area (Å²) in [6, 6.07) is 9.96. The van der Waals surface area contributed by atoms with E-state index >= 15 is 0 Å². The van der Waals surface area contributed by atoms with E-state index in [0.717, 1.165) is 11.3 Å². The van der Waals surface area contributed by atoms with E-state index in [0.29, 0.717) is 18.8 Å². The van der Waals surface area contributed by atoms with Crippen LogP contribution in [0.4, 0.5) is 11.5 Å². The molecule has 0 radical (unpaired) electrons. The number of aromatic nitrogens is 2. The largest absolute Gasteiger partial charge is 0.378 e. The summed E-state index contributed by atoms with van der Waals surface area (Å²) in [4.78, 5) is 14.1. The minimum Gasteiger partial charge on any atom is -0.378 e. The van der Waals surface area contributed by atoms with Gasteiger partial charge in [-0.2, -0.15) is 5.10 Å². The summed E-state index contributed by atoms with van der Waals surface area (Å²) in [6.45, 7) is 0.577. The van der Waals surface area contributed by atoms with E-state index in [1.165, 1.54) is 0 Å². The molecule has 1 amide bonds. The van der Waals surface area contributed by atoms with Crippen molar-refractivity contribution in [3.8, 4) is 0 Å². The number of halogens is 2. The molecular weight excluding hydrogens is 335 g/mol. The molecule has 2 aromatic rings. The van der Waals surface area contributed by atoms with Crippen molar-refractivity contribution in [3.63, 3.8) is 0 Å². The highest BCUT2D eigenvalue weighted by Gasteiger charge is 2.56. The van der Waals surface area contributed by atoms with Gasteiger partial charge in [-0.1, -0.05) is 12.1 Å². The Morgan fingerprint density at radius 1 is 1.35 bits per heavy atom. The number of anilines is 2. The highest BCUT2D eigenvalue weighted by molar-refractivity contribution is 6.52. The summed E-state index contributed by atoms with van der Waals surface area (Å²) >= 11 is 11.9. The smallest absolute Gasteiger partial charge is 0.231 e. The van der Waals surface area contributed by atoms with Crippen molar-refractivity contribution in [2.24, 2.45) is 5.92 Å². The maximum absolute atomic E-state index is 12.1. The van der Waals surface area contributed by atoms with Crippen LogP contribution in [-0.2, 0) is 11.3 Å². The fourth-order valence-corrected chi connectivity index (χ4v) is 2.86. The van der Waals surface area contributed by atoms with E-state index in [1.807, 2.05) is 31.1 Å². The molecule has 5 nitrogen and oxygen atoms in total. The van der Waals surface area contributed by atoms with Crippen LogP contribution in [0.15, 0.2) is 36.5 Å². The van der Waals surface area contributed by atoms with Gasteiger partial charge in [0.1, 0.15) is 10.2 Å². The lowest BCUT2D eigenvalue weighted by atomic mass is 10.2. The summed E-state index contributed by atoms with van der Waals surface area (Å²) in [7, 11) is 4.00. The predicted molar refractivity (Wildman–Crippen MR) is 93.3 cm³/mol. The third-order valence-electron chi connectivity index (χ3n) is 3.90. The molecule has 0 bridgehead atoms. The van der Waals surface area contributed by atoms with Crippen LogP contribution in [0.3, 0.4) is 0 Å². The lowest BCUT2D eigenvalue weighted by Crippen LogP contribution is -2.19. The maximum Gasteiger partial charge on any atom is 0.231 e. The van der Waals surface area contributed by atoms with Crippen molar-refractivity contribution in [1.82, 2.24) is 9.78 Å². The van der Waals surface area contributed by atoms with Crippen LogP contribution >= 0.6 is 23.2 Å². The summed E-state index contributed by atoms with van der Waals surface area (Å²) in [6.07, 6.45) is 2.15. The molecule has 1 unspecified atom stereocenters. The number of amides is 1. The van der Waals surface area contributed by atoms with Gasteiger partial charge in [-0.15, -0.1) is 23.2 Å². The zero-order valence-corrected chi connectivity index (χ0v) is 14.5. The Morgan fingerprint density at radius 3 is 2.57 bits per heavy atom. The van der Waals surface area contributed by atoms with E-state index < -0.39 is 4.33 Å². The van der Waals surface area contributed by atoms with Crippen LogP contribution in [0.25, 0.3) is 0 Å². The third kappa shape index (κ3) is 3.62. The maximum atomic E-state index is 12.1. The minimum atomic E-state index is -0.920. The highest BCUT2D eigenvalue weighted by atomic mass is 35.5. The fourth-order valence-electron chi connectivity index (χ4n) is 2.35. The van der Waals surface area contributed by atoms with Crippen LogP contribution < -0.4 is 10.2 Å². The lowest BCUT2D eigenvalue weighted by molar-refractivity contribution is -0.117. The zero-order chi connectivity index (χ0) is 16.6. The van der Waals surface area contributed by atoms with Crippen molar-refractivity contribution < 1.29 is 4.79 Å². The number of rotatable bonds is 5. The molecule has 1 heterocycles. The van der Waals surface area contributed by atoms with E-state index in [4.69, 9.17) is 23.2 Å². The normalized spacial score (nSPS) is 18.5. The van der Waals surface area contributed by atoms with Gasteiger partial charge < -0.3 is 10.2 Å². The molecule has 1 saturated carbocycles. The standard InChI is InChI=1S/C16H18Cl2N4O/c1-21(2)12-5-3-11(4-6-12)10-22-14(7-8-19-22)20-15(23)13-9-16(13,17)18/h3-8,13H,9-10H2,1-2H3,(H,20,23). The zero-order valence-electron chi connectivity index (χ0n) is 13.0. The monoisotopic (exact) mass is 352 g/mol. The van der Waals surface area contributed by atoms with Crippen molar-refractivity contribution >= 4 is 40.6 Å². The van der Waals surface area contributed by atoms with Crippen LogP contribution in [0.5, 0.6) is 0 Å². The van der Waals surface area contributed by atoms with Crippen molar-refractivity contribution in [3.05, 3.63) is 42.1 Å². The lowest BCUT2D eigenvalue weighted by Gasteiger charge is -2.13. The van der Waals surface area contributed by atoms with Gasteiger partial charge >= 0.3 is 0 Å². The topological polar surface area (TPSA) is 50.2 Å². The summed E-state index contributed by atoms with van der Waals surface area (Å²) in [5.74, 6) is 0.121. The molecule has 122 valence electrons. The van der Waals surface area contributed by atoms with Crippen molar-refractivity contribution in [2.45, 2.75) is 17.3 Å². The number of carbonyl (C=O) groups is 1. The molecule has 1 aliphatic carbocycles. The second kappa shape index (κ2) is 6.06. The van der Waals surface area contributed by atoms with E-state index in [1.54, 1.807) is 16.9 Å². The third-order valence-corrected chi connectivity index (χ3v) is 4.73. The second-order valence-electron chi connectivity index (χ2n) is 5.94. The first-order valence-electron chi connectivity index (χ1n) is 7.33. The number of carbonyl (C=O) groups excluding carboxylic acids is 1. The van der Waals surface area contributed by atoms with Crippen LogP contribution in [0.2, 0.25) is 0 Å². The molecule has 1 aromatic carbocycles. The average Bonchev–Trinajstić information content (AvgIpc) is 2.93. The molecule has 0 saturated heterocycles. The van der Waals surface area contributed by atoms with Gasteiger partial charge in [-0.05, 0) is 24.1 Å². The Labute approximate surface area is 145 Å². The van der Waals surface area contributed by atoms with E-state index in [9.17, 15) is 4.79 Å². The van der Waals surface area contributed by atoms with E-state index in [2.05, 4.69) is 22.5 Å². The van der Waals surface area contributed by atoms with Crippen LogP contribution in [0, 0.1) is 5.92 Å². The summed E-state index contributed by atoms with van der Waals surface area (Å²) in [5, 5.41) is 7.11. The molecule has 7 heteroatoms. The summed E-state index contributed by atoms with van der Waals surface area (Å²) in [5.41, 5.74) is 2.24. The van der Waals surface area contributed by atoms with E-state index in [-0.39, 0.29) is 11.8 Å². The molecular formula is C16H18Cl2N4O. The molecule has 1 fully saturated rings. The second-order valence-corrected chi connectivity index (χ2v) is 7.48. The highest BCUT2D eigenvalue weighted by Crippen LogP contribution is 2.53. The minimum absolute atomic E-state index is 0.167. The number of nitrogens with zero attached hydrogens (tertiary/aromatic N) is 3.